The molecule has 1 aromatic carbocycles. The minimum absolute atomic E-state index is 0.104. The molecule has 1 N–H and O–H groups in total. The summed E-state index contributed by atoms with van der Waals surface area (Å²) >= 11 is 0. The van der Waals surface area contributed by atoms with Crippen molar-refractivity contribution >= 4 is 0 Å². The maximum absolute atomic E-state index is 13.7. The van der Waals surface area contributed by atoms with E-state index in [0.29, 0.717) is 12.8 Å². The van der Waals surface area contributed by atoms with Crippen molar-refractivity contribution in [3.05, 3.63) is 53.4 Å². The Morgan fingerprint density at radius 2 is 1.95 bits per heavy atom. The summed E-state index contributed by atoms with van der Waals surface area (Å²) in [4.78, 5) is 0. The van der Waals surface area contributed by atoms with Gasteiger partial charge in [-0.25, -0.2) is 8.78 Å². The van der Waals surface area contributed by atoms with Crippen LogP contribution in [0.1, 0.15) is 23.7 Å². The van der Waals surface area contributed by atoms with Gasteiger partial charge in [0.2, 0.25) is 0 Å². The maximum atomic E-state index is 13.7. The van der Waals surface area contributed by atoms with Gasteiger partial charge in [0.15, 0.2) is 0 Å². The normalized spacial score (nSPS) is 12.6. The van der Waals surface area contributed by atoms with E-state index >= 15 is 0 Å². The highest BCUT2D eigenvalue weighted by Gasteiger charge is 2.18. The number of nitrogens with zero attached hydrogens (tertiary/aromatic N) is 2. The topological polar surface area (TPSA) is 29.9 Å². The van der Waals surface area contributed by atoms with Crippen LogP contribution in [-0.2, 0) is 13.5 Å². The number of nitrogens with one attached hydrogen (secondary N) is 1. The molecular formula is C14H17F2N3. The van der Waals surface area contributed by atoms with Gasteiger partial charge in [0.05, 0.1) is 0 Å². The van der Waals surface area contributed by atoms with Crippen molar-refractivity contribution in [2.24, 2.45) is 7.05 Å². The van der Waals surface area contributed by atoms with Crippen LogP contribution in [0.5, 0.6) is 0 Å². The summed E-state index contributed by atoms with van der Waals surface area (Å²) < 4.78 is 29.2. The number of aromatic nitrogens is 2. The zero-order chi connectivity index (χ0) is 13.8. The van der Waals surface area contributed by atoms with Crippen molar-refractivity contribution in [3.63, 3.8) is 0 Å². The number of halogens is 2. The largest absolute Gasteiger partial charge is 0.313 e. The molecule has 0 aliphatic heterocycles. The zero-order valence-corrected chi connectivity index (χ0v) is 11.0. The predicted octanol–water partition coefficient (Wildman–Crippen LogP) is 2.59. The third-order valence-electron chi connectivity index (χ3n) is 3.31. The molecule has 0 saturated carbocycles. The van der Waals surface area contributed by atoms with E-state index in [9.17, 15) is 8.78 Å². The fourth-order valence-electron chi connectivity index (χ4n) is 2.22. The third-order valence-corrected chi connectivity index (χ3v) is 3.31. The van der Waals surface area contributed by atoms with Crippen LogP contribution in [0.2, 0.25) is 0 Å². The highest BCUT2D eigenvalue weighted by molar-refractivity contribution is 5.23. The standard InChI is InChI=1S/C14H17F2N3/c1-17-13(7-6-10-8-9-18-19(10)2)14-11(15)4-3-5-12(14)16/h3-5,8-9,13,17H,6-7H2,1-2H3. The Balaban J connectivity index is 2.15. The number of aryl methyl sites for hydroxylation is 2. The predicted molar refractivity (Wildman–Crippen MR) is 69.7 cm³/mol. The van der Waals surface area contributed by atoms with Crippen molar-refractivity contribution in [2.75, 3.05) is 7.05 Å². The molecule has 5 heteroatoms. The molecule has 2 rings (SSSR count). The Bertz CT molecular complexity index is 531. The van der Waals surface area contributed by atoms with Gasteiger partial charge in [0.25, 0.3) is 0 Å². The fourth-order valence-corrected chi connectivity index (χ4v) is 2.22. The summed E-state index contributed by atoms with van der Waals surface area (Å²) in [5.74, 6) is -1.02. The van der Waals surface area contributed by atoms with Crippen LogP contribution in [-0.4, -0.2) is 16.8 Å². The molecule has 1 heterocycles. The lowest BCUT2D eigenvalue weighted by atomic mass is 10.00. The van der Waals surface area contributed by atoms with Gasteiger partial charge in [-0.2, -0.15) is 5.10 Å². The van der Waals surface area contributed by atoms with Crippen molar-refractivity contribution in [2.45, 2.75) is 18.9 Å². The van der Waals surface area contributed by atoms with E-state index < -0.39 is 11.6 Å². The molecule has 0 amide bonds. The second-order valence-electron chi connectivity index (χ2n) is 4.46. The molecule has 1 aromatic heterocycles. The lowest BCUT2D eigenvalue weighted by molar-refractivity contribution is 0.467. The lowest BCUT2D eigenvalue weighted by Gasteiger charge is -2.18. The van der Waals surface area contributed by atoms with Crippen LogP contribution in [0.4, 0.5) is 8.78 Å². The quantitative estimate of drug-likeness (QED) is 0.900. The monoisotopic (exact) mass is 265 g/mol. The van der Waals surface area contributed by atoms with E-state index in [2.05, 4.69) is 10.4 Å². The first-order valence-electron chi connectivity index (χ1n) is 6.21. The number of hydrogen-bond acceptors (Lipinski definition) is 2. The zero-order valence-electron chi connectivity index (χ0n) is 11.0. The summed E-state index contributed by atoms with van der Waals surface area (Å²) in [6.07, 6.45) is 3.02. The smallest absolute Gasteiger partial charge is 0.130 e. The van der Waals surface area contributed by atoms with E-state index in [1.54, 1.807) is 17.9 Å². The van der Waals surface area contributed by atoms with Crippen molar-refractivity contribution in [1.82, 2.24) is 15.1 Å². The molecule has 0 bridgehead atoms. The summed E-state index contributed by atoms with van der Waals surface area (Å²) in [5.41, 5.74) is 1.14. The molecule has 0 aliphatic rings. The van der Waals surface area contributed by atoms with Crippen LogP contribution in [0.3, 0.4) is 0 Å². The highest BCUT2D eigenvalue weighted by Crippen LogP contribution is 2.24. The molecule has 0 aliphatic carbocycles. The van der Waals surface area contributed by atoms with E-state index in [4.69, 9.17) is 0 Å². The first-order valence-corrected chi connectivity index (χ1v) is 6.21. The Kier molecular flexibility index (Phi) is 4.27. The molecule has 2 aromatic rings. The highest BCUT2D eigenvalue weighted by atomic mass is 19.1. The van der Waals surface area contributed by atoms with Gasteiger partial charge in [0.1, 0.15) is 11.6 Å². The van der Waals surface area contributed by atoms with Gasteiger partial charge in [-0.3, -0.25) is 4.68 Å². The summed E-state index contributed by atoms with van der Waals surface area (Å²) in [6, 6.07) is 5.50. The summed E-state index contributed by atoms with van der Waals surface area (Å²) in [6.45, 7) is 0. The Morgan fingerprint density at radius 3 is 2.47 bits per heavy atom. The third kappa shape index (κ3) is 2.98. The van der Waals surface area contributed by atoms with Crippen LogP contribution in [0.25, 0.3) is 0 Å². The SMILES string of the molecule is CNC(CCc1ccnn1C)c1c(F)cccc1F. The molecule has 3 nitrogen and oxygen atoms in total. The molecule has 1 atom stereocenters. The van der Waals surface area contributed by atoms with Crippen molar-refractivity contribution in [3.8, 4) is 0 Å². The average molecular weight is 265 g/mol. The second-order valence-corrected chi connectivity index (χ2v) is 4.46. The van der Waals surface area contributed by atoms with Crippen molar-refractivity contribution in [1.29, 1.82) is 0 Å². The van der Waals surface area contributed by atoms with Gasteiger partial charge >= 0.3 is 0 Å². The molecule has 0 saturated heterocycles. The van der Waals surface area contributed by atoms with Gasteiger partial charge < -0.3 is 5.32 Å². The molecular weight excluding hydrogens is 248 g/mol. The number of rotatable bonds is 5. The molecule has 0 fully saturated rings. The molecule has 102 valence electrons. The van der Waals surface area contributed by atoms with Crippen LogP contribution < -0.4 is 5.32 Å². The maximum Gasteiger partial charge on any atom is 0.130 e. The summed E-state index contributed by atoms with van der Waals surface area (Å²) in [7, 11) is 3.56. The van der Waals surface area contributed by atoms with Crippen LogP contribution in [0.15, 0.2) is 30.5 Å². The van der Waals surface area contributed by atoms with Gasteiger partial charge in [-0.15, -0.1) is 0 Å². The van der Waals surface area contributed by atoms with E-state index in [-0.39, 0.29) is 11.6 Å². The number of hydrogen-bond donors (Lipinski definition) is 1. The van der Waals surface area contributed by atoms with Crippen LogP contribution in [0, 0.1) is 11.6 Å². The fraction of sp³-hybridized carbons (Fsp3) is 0.357. The van der Waals surface area contributed by atoms with E-state index in [0.717, 1.165) is 5.69 Å². The Hall–Kier alpha value is -1.75. The average Bonchev–Trinajstić information content (AvgIpc) is 2.78. The van der Waals surface area contributed by atoms with E-state index in [1.807, 2.05) is 13.1 Å². The Morgan fingerprint density at radius 1 is 1.26 bits per heavy atom. The molecule has 19 heavy (non-hydrogen) atoms. The molecule has 0 radical (unpaired) electrons. The lowest BCUT2D eigenvalue weighted by Crippen LogP contribution is -2.20. The van der Waals surface area contributed by atoms with Crippen molar-refractivity contribution < 1.29 is 8.78 Å². The van der Waals surface area contributed by atoms with Gasteiger partial charge in [-0.05, 0) is 38.1 Å². The van der Waals surface area contributed by atoms with Gasteiger partial charge in [-0.1, -0.05) is 6.07 Å². The summed E-state index contributed by atoms with van der Waals surface area (Å²) in [5, 5.41) is 7.05. The molecule has 0 spiro atoms. The Labute approximate surface area is 111 Å². The van der Waals surface area contributed by atoms with E-state index in [1.165, 1.54) is 18.2 Å². The number of benzene rings is 1. The minimum Gasteiger partial charge on any atom is -0.313 e. The molecule has 1 unspecified atom stereocenters. The van der Waals surface area contributed by atoms with Gasteiger partial charge in [0, 0.05) is 30.5 Å². The minimum atomic E-state index is -0.510. The van der Waals surface area contributed by atoms with Crippen LogP contribution >= 0.6 is 0 Å². The second kappa shape index (κ2) is 5.93. The first kappa shape index (κ1) is 13.7. The first-order chi connectivity index (χ1) is 9.13.